The number of anilines is 1. The minimum atomic E-state index is -0.456. The molecule has 2 aromatic carbocycles. The lowest BCUT2D eigenvalue weighted by Gasteiger charge is -2.17. The van der Waals surface area contributed by atoms with Gasteiger partial charge in [-0.3, -0.25) is 4.79 Å². The summed E-state index contributed by atoms with van der Waals surface area (Å²) in [4.78, 5) is 13.8. The van der Waals surface area contributed by atoms with Crippen LogP contribution in [-0.2, 0) is 4.79 Å². The van der Waals surface area contributed by atoms with Crippen molar-refractivity contribution in [1.29, 1.82) is 0 Å². The van der Waals surface area contributed by atoms with Gasteiger partial charge < -0.3 is 19.5 Å². The SMILES string of the molecule is CN(C(=O)CCCCO)c1ccc2c(c1)OC(c1ccccc1)O2. The number of benzene rings is 2. The van der Waals surface area contributed by atoms with E-state index in [1.54, 1.807) is 11.9 Å². The Bertz CT molecular complexity index is 702. The van der Waals surface area contributed by atoms with Gasteiger partial charge in [0.2, 0.25) is 5.91 Å². The Hall–Kier alpha value is -2.53. The molecule has 0 aromatic heterocycles. The lowest BCUT2D eigenvalue weighted by atomic mass is 10.2. The summed E-state index contributed by atoms with van der Waals surface area (Å²) >= 11 is 0. The molecule has 1 aliphatic rings. The molecule has 1 heterocycles. The molecule has 2 aromatic rings. The first-order valence-electron chi connectivity index (χ1n) is 8.09. The Morgan fingerprint density at radius 3 is 2.58 bits per heavy atom. The average molecular weight is 327 g/mol. The van der Waals surface area contributed by atoms with E-state index in [1.165, 1.54) is 0 Å². The minimum absolute atomic E-state index is 0.0157. The fourth-order valence-corrected chi connectivity index (χ4v) is 2.60. The van der Waals surface area contributed by atoms with E-state index in [2.05, 4.69) is 0 Å². The van der Waals surface area contributed by atoms with E-state index in [1.807, 2.05) is 48.5 Å². The number of amides is 1. The van der Waals surface area contributed by atoms with E-state index >= 15 is 0 Å². The van der Waals surface area contributed by atoms with Gasteiger partial charge in [-0.1, -0.05) is 30.3 Å². The topological polar surface area (TPSA) is 59.0 Å². The number of aliphatic hydroxyl groups is 1. The molecule has 0 aliphatic carbocycles. The number of hydrogen-bond donors (Lipinski definition) is 1. The molecule has 1 N–H and O–H groups in total. The average Bonchev–Trinajstić information content (AvgIpc) is 3.05. The molecule has 24 heavy (non-hydrogen) atoms. The van der Waals surface area contributed by atoms with Gasteiger partial charge in [-0.25, -0.2) is 0 Å². The smallest absolute Gasteiger partial charge is 0.267 e. The van der Waals surface area contributed by atoms with Gasteiger partial charge >= 0.3 is 0 Å². The molecule has 5 nitrogen and oxygen atoms in total. The highest BCUT2D eigenvalue weighted by Gasteiger charge is 2.26. The third kappa shape index (κ3) is 3.51. The Morgan fingerprint density at radius 1 is 1.08 bits per heavy atom. The van der Waals surface area contributed by atoms with Crippen LogP contribution in [-0.4, -0.2) is 24.7 Å². The van der Waals surface area contributed by atoms with Gasteiger partial charge in [0.25, 0.3) is 6.29 Å². The zero-order valence-corrected chi connectivity index (χ0v) is 13.6. The van der Waals surface area contributed by atoms with E-state index in [0.717, 1.165) is 11.3 Å². The normalized spacial score (nSPS) is 15.3. The van der Waals surface area contributed by atoms with Crippen LogP contribution in [0.5, 0.6) is 11.5 Å². The summed E-state index contributed by atoms with van der Waals surface area (Å²) in [5.41, 5.74) is 1.71. The molecule has 0 spiro atoms. The van der Waals surface area contributed by atoms with Crippen LogP contribution in [0, 0.1) is 0 Å². The number of carbonyl (C=O) groups excluding carboxylic acids is 1. The molecule has 1 unspecified atom stereocenters. The third-order valence-corrected chi connectivity index (χ3v) is 4.03. The van der Waals surface area contributed by atoms with Crippen LogP contribution in [0.15, 0.2) is 48.5 Å². The van der Waals surface area contributed by atoms with Gasteiger partial charge in [-0.15, -0.1) is 0 Å². The van der Waals surface area contributed by atoms with Crippen LogP contribution in [0.4, 0.5) is 5.69 Å². The number of fused-ring (bicyclic) bond motifs is 1. The maximum atomic E-state index is 12.2. The Labute approximate surface area is 141 Å². The van der Waals surface area contributed by atoms with Crippen molar-refractivity contribution in [2.45, 2.75) is 25.6 Å². The van der Waals surface area contributed by atoms with E-state index in [-0.39, 0.29) is 12.5 Å². The number of carbonyl (C=O) groups is 1. The Morgan fingerprint density at radius 2 is 1.83 bits per heavy atom. The molecular formula is C19H21NO4. The number of nitrogens with zero attached hydrogens (tertiary/aromatic N) is 1. The Balaban J connectivity index is 1.69. The van der Waals surface area contributed by atoms with Gasteiger partial charge in [0, 0.05) is 37.4 Å². The molecule has 0 saturated heterocycles. The molecule has 0 radical (unpaired) electrons. The lowest BCUT2D eigenvalue weighted by Crippen LogP contribution is -2.25. The van der Waals surface area contributed by atoms with Crippen molar-refractivity contribution in [1.82, 2.24) is 0 Å². The van der Waals surface area contributed by atoms with Crippen molar-refractivity contribution in [3.05, 3.63) is 54.1 Å². The fourth-order valence-electron chi connectivity index (χ4n) is 2.60. The van der Waals surface area contributed by atoms with Crippen molar-refractivity contribution in [2.75, 3.05) is 18.6 Å². The molecule has 0 bridgehead atoms. The van der Waals surface area contributed by atoms with Crippen LogP contribution >= 0.6 is 0 Å². The highest BCUT2D eigenvalue weighted by Crippen LogP contribution is 2.42. The summed E-state index contributed by atoms with van der Waals surface area (Å²) < 4.78 is 11.7. The van der Waals surface area contributed by atoms with Gasteiger partial charge in [-0.05, 0) is 25.0 Å². The second-order valence-corrected chi connectivity index (χ2v) is 5.74. The van der Waals surface area contributed by atoms with Crippen LogP contribution in [0.25, 0.3) is 0 Å². The zero-order valence-electron chi connectivity index (χ0n) is 13.6. The molecule has 126 valence electrons. The second kappa shape index (κ2) is 7.36. The second-order valence-electron chi connectivity index (χ2n) is 5.74. The third-order valence-electron chi connectivity index (χ3n) is 4.03. The summed E-state index contributed by atoms with van der Waals surface area (Å²) in [5, 5.41) is 8.80. The molecule has 5 heteroatoms. The summed E-state index contributed by atoms with van der Waals surface area (Å²) in [6, 6.07) is 15.2. The van der Waals surface area contributed by atoms with Crippen molar-refractivity contribution in [2.24, 2.45) is 0 Å². The van der Waals surface area contributed by atoms with E-state index in [0.29, 0.717) is 30.8 Å². The quantitative estimate of drug-likeness (QED) is 0.827. The molecule has 3 rings (SSSR count). The highest BCUT2D eigenvalue weighted by atomic mass is 16.7. The lowest BCUT2D eigenvalue weighted by molar-refractivity contribution is -0.118. The van der Waals surface area contributed by atoms with Crippen LogP contribution < -0.4 is 14.4 Å². The van der Waals surface area contributed by atoms with Crippen molar-refractivity contribution >= 4 is 11.6 Å². The van der Waals surface area contributed by atoms with E-state index in [4.69, 9.17) is 14.6 Å². The summed E-state index contributed by atoms with van der Waals surface area (Å²) in [7, 11) is 1.74. The predicted molar refractivity (Wildman–Crippen MR) is 91.2 cm³/mol. The minimum Gasteiger partial charge on any atom is -0.447 e. The first-order valence-corrected chi connectivity index (χ1v) is 8.09. The number of rotatable bonds is 6. The van der Waals surface area contributed by atoms with Crippen LogP contribution in [0.1, 0.15) is 31.1 Å². The molecule has 0 saturated carbocycles. The maximum absolute atomic E-state index is 12.2. The van der Waals surface area contributed by atoms with Crippen molar-refractivity contribution in [3.63, 3.8) is 0 Å². The number of hydrogen-bond acceptors (Lipinski definition) is 4. The monoisotopic (exact) mass is 327 g/mol. The summed E-state index contributed by atoms with van der Waals surface area (Å²) in [6.45, 7) is 0.113. The molecular weight excluding hydrogens is 306 g/mol. The maximum Gasteiger partial charge on any atom is 0.267 e. The van der Waals surface area contributed by atoms with Gasteiger partial charge in [0.15, 0.2) is 11.5 Å². The van der Waals surface area contributed by atoms with E-state index in [9.17, 15) is 4.79 Å². The number of unbranched alkanes of at least 4 members (excludes halogenated alkanes) is 1. The summed E-state index contributed by atoms with van der Waals surface area (Å²) in [6.07, 6.45) is 1.28. The number of aliphatic hydroxyl groups excluding tert-OH is 1. The Kier molecular flexibility index (Phi) is 5.01. The number of ether oxygens (including phenoxy) is 2. The molecule has 1 amide bonds. The largest absolute Gasteiger partial charge is 0.447 e. The molecule has 1 atom stereocenters. The van der Waals surface area contributed by atoms with Gasteiger partial charge in [0.05, 0.1) is 0 Å². The van der Waals surface area contributed by atoms with Crippen molar-refractivity contribution < 1.29 is 19.4 Å². The zero-order chi connectivity index (χ0) is 16.9. The predicted octanol–water partition coefficient (Wildman–Crippen LogP) is 3.28. The van der Waals surface area contributed by atoms with Crippen LogP contribution in [0.2, 0.25) is 0 Å². The van der Waals surface area contributed by atoms with E-state index < -0.39 is 6.29 Å². The highest BCUT2D eigenvalue weighted by molar-refractivity contribution is 5.93. The van der Waals surface area contributed by atoms with Gasteiger partial charge in [-0.2, -0.15) is 0 Å². The fraction of sp³-hybridized carbons (Fsp3) is 0.316. The molecule has 1 aliphatic heterocycles. The van der Waals surface area contributed by atoms with Gasteiger partial charge in [0.1, 0.15) is 0 Å². The first-order chi connectivity index (χ1) is 11.7. The van der Waals surface area contributed by atoms with Crippen molar-refractivity contribution in [3.8, 4) is 11.5 Å². The summed E-state index contributed by atoms with van der Waals surface area (Å²) in [5.74, 6) is 1.33. The standard InChI is InChI=1S/C19H21NO4/c1-20(18(22)9-5-6-12-21)15-10-11-16-17(13-15)24-19(23-16)14-7-3-2-4-8-14/h2-4,7-8,10-11,13,19,21H,5-6,9,12H2,1H3. The first kappa shape index (κ1) is 16.3. The van der Waals surface area contributed by atoms with Crippen LogP contribution in [0.3, 0.4) is 0 Å². The molecule has 0 fully saturated rings.